The van der Waals surface area contributed by atoms with Gasteiger partial charge in [-0.2, -0.15) is 0 Å². The average molecular weight is 619 g/mol. The van der Waals surface area contributed by atoms with Crippen LogP contribution in [0.3, 0.4) is 0 Å². The van der Waals surface area contributed by atoms with Crippen LogP contribution < -0.4 is 5.73 Å². The first kappa shape index (κ1) is 30.3. The van der Waals surface area contributed by atoms with Crippen LogP contribution in [0.25, 0.3) is 49.0 Å². The zero-order valence-electron chi connectivity index (χ0n) is 26.5. The van der Waals surface area contributed by atoms with E-state index in [-0.39, 0.29) is 0 Å². The molecule has 0 unspecified atom stereocenters. The molecule has 0 saturated heterocycles. The SMILES string of the molecule is C=C(/C=C\C=N)c1ccc(C(N)=NC(=NCc2ccccc2)c2ccc(-c3ccc4c5ccccc5c5ccccc5c4c3)cc2)cc1. The van der Waals surface area contributed by atoms with Gasteiger partial charge in [-0.25, -0.2) is 4.99 Å². The van der Waals surface area contributed by atoms with Crippen LogP contribution in [0.1, 0.15) is 22.3 Å². The molecule has 7 rings (SSSR count). The zero-order chi connectivity index (χ0) is 32.9. The molecule has 7 aromatic carbocycles. The number of benzene rings is 7. The van der Waals surface area contributed by atoms with Gasteiger partial charge in [0.05, 0.1) is 6.54 Å². The maximum absolute atomic E-state index is 7.21. The largest absolute Gasteiger partial charge is 0.383 e. The molecule has 0 spiro atoms. The van der Waals surface area contributed by atoms with Gasteiger partial charge in [0.1, 0.15) is 5.84 Å². The van der Waals surface area contributed by atoms with E-state index in [9.17, 15) is 0 Å². The van der Waals surface area contributed by atoms with E-state index in [0.29, 0.717) is 18.2 Å². The zero-order valence-corrected chi connectivity index (χ0v) is 26.5. The summed E-state index contributed by atoms with van der Waals surface area (Å²) in [5.41, 5.74) is 13.4. The first-order valence-corrected chi connectivity index (χ1v) is 15.9. The molecule has 4 nitrogen and oxygen atoms in total. The predicted octanol–water partition coefficient (Wildman–Crippen LogP) is 10.4. The van der Waals surface area contributed by atoms with Crippen LogP contribution in [-0.2, 0) is 6.54 Å². The van der Waals surface area contributed by atoms with Gasteiger partial charge in [0.25, 0.3) is 0 Å². The molecule has 4 heteroatoms. The number of amidine groups is 2. The Labute approximate surface area is 280 Å². The number of nitrogens with one attached hydrogen (secondary N) is 1. The van der Waals surface area contributed by atoms with Crippen LogP contribution in [0.2, 0.25) is 0 Å². The lowest BCUT2D eigenvalue weighted by Crippen LogP contribution is -2.16. The first-order valence-electron chi connectivity index (χ1n) is 15.9. The quantitative estimate of drug-likeness (QED) is 0.0756. The summed E-state index contributed by atoms with van der Waals surface area (Å²) in [7, 11) is 0. The van der Waals surface area contributed by atoms with Gasteiger partial charge in [0.2, 0.25) is 0 Å². The van der Waals surface area contributed by atoms with E-state index in [1.807, 2.05) is 42.5 Å². The maximum atomic E-state index is 7.21. The highest BCUT2D eigenvalue weighted by molar-refractivity contribution is 6.25. The van der Waals surface area contributed by atoms with Gasteiger partial charge in [0, 0.05) is 17.3 Å². The first-order chi connectivity index (χ1) is 23.6. The van der Waals surface area contributed by atoms with Crippen molar-refractivity contribution in [1.29, 1.82) is 5.41 Å². The van der Waals surface area contributed by atoms with Crippen molar-refractivity contribution in [2.75, 3.05) is 0 Å². The molecule has 0 aliphatic carbocycles. The number of allylic oxidation sites excluding steroid dienone is 3. The van der Waals surface area contributed by atoms with Gasteiger partial charge in [-0.1, -0.05) is 152 Å². The van der Waals surface area contributed by atoms with Crippen molar-refractivity contribution in [1.82, 2.24) is 0 Å². The van der Waals surface area contributed by atoms with Crippen LogP contribution in [0.4, 0.5) is 0 Å². The molecular formula is C44H34N4. The van der Waals surface area contributed by atoms with Crippen molar-refractivity contribution < 1.29 is 0 Å². The summed E-state index contributed by atoms with van der Waals surface area (Å²) in [6, 6.07) is 50.4. The minimum absolute atomic E-state index is 0.381. The van der Waals surface area contributed by atoms with Crippen LogP contribution in [0.15, 0.2) is 174 Å². The molecule has 0 amide bonds. The summed E-state index contributed by atoms with van der Waals surface area (Å²) < 4.78 is 0. The van der Waals surface area contributed by atoms with Gasteiger partial charge in [-0.05, 0) is 72.3 Å². The monoisotopic (exact) mass is 618 g/mol. The van der Waals surface area contributed by atoms with E-state index in [1.54, 1.807) is 12.2 Å². The smallest absolute Gasteiger partial charge is 0.157 e. The summed E-state index contributed by atoms with van der Waals surface area (Å²) in [5.74, 6) is 0.952. The molecule has 0 aromatic heterocycles. The Hall–Kier alpha value is -6.39. The van der Waals surface area contributed by atoms with E-state index in [4.69, 9.17) is 21.1 Å². The number of hydrogen-bond acceptors (Lipinski definition) is 2. The van der Waals surface area contributed by atoms with Crippen LogP contribution >= 0.6 is 0 Å². The fraction of sp³-hybridized carbons (Fsp3) is 0.0227. The summed E-state index contributed by atoms with van der Waals surface area (Å²) in [4.78, 5) is 9.76. The van der Waals surface area contributed by atoms with Crippen molar-refractivity contribution in [2.24, 2.45) is 15.7 Å². The third-order valence-electron chi connectivity index (χ3n) is 8.65. The van der Waals surface area contributed by atoms with Crippen molar-refractivity contribution in [2.45, 2.75) is 6.54 Å². The van der Waals surface area contributed by atoms with Crippen LogP contribution in [0.5, 0.6) is 0 Å². The molecule has 0 fully saturated rings. The highest BCUT2D eigenvalue weighted by Crippen LogP contribution is 2.37. The molecule has 0 bridgehead atoms. The topological polar surface area (TPSA) is 74.6 Å². The molecule has 0 atom stereocenters. The lowest BCUT2D eigenvalue weighted by atomic mass is 9.92. The molecule has 230 valence electrons. The Morgan fingerprint density at radius 1 is 0.583 bits per heavy atom. The molecule has 48 heavy (non-hydrogen) atoms. The Balaban J connectivity index is 1.24. The third kappa shape index (κ3) is 6.20. The molecule has 0 radical (unpaired) electrons. The second-order valence-electron chi connectivity index (χ2n) is 11.7. The standard InChI is InChI=1S/C44H34N4/c1-30(10-9-27-45)32-17-21-34(22-18-32)43(46)48-44(47-29-31-11-3-2-4-12-31)35-23-19-33(20-24-35)36-25-26-41-39-15-6-5-13-37(39)38-14-7-8-16-40(38)42(41)28-36/h2-28,45H,1,29H2,(H2,46,47,48)/b10-9-,45-27?. The number of nitrogens with two attached hydrogens (primary N) is 1. The summed E-state index contributed by atoms with van der Waals surface area (Å²) in [6.07, 6.45) is 4.69. The number of rotatable bonds is 8. The normalized spacial score (nSPS) is 12.2. The van der Waals surface area contributed by atoms with Crippen molar-refractivity contribution in [3.05, 3.63) is 187 Å². The number of fused-ring (bicyclic) bond motifs is 6. The highest BCUT2D eigenvalue weighted by atomic mass is 15.0. The fourth-order valence-corrected chi connectivity index (χ4v) is 6.13. The minimum atomic E-state index is 0.381. The van der Waals surface area contributed by atoms with Gasteiger partial charge < -0.3 is 11.1 Å². The predicted molar refractivity (Wildman–Crippen MR) is 205 cm³/mol. The van der Waals surface area contributed by atoms with Gasteiger partial charge in [-0.3, -0.25) is 4.99 Å². The molecule has 0 heterocycles. The Kier molecular flexibility index (Phi) is 8.54. The number of nitrogens with zero attached hydrogens (tertiary/aromatic N) is 2. The molecule has 3 N–H and O–H groups in total. The second-order valence-corrected chi connectivity index (χ2v) is 11.7. The van der Waals surface area contributed by atoms with Crippen molar-refractivity contribution in [3.63, 3.8) is 0 Å². The fourth-order valence-electron chi connectivity index (χ4n) is 6.13. The van der Waals surface area contributed by atoms with Crippen LogP contribution in [-0.4, -0.2) is 17.9 Å². The molecule has 0 saturated carbocycles. The average Bonchev–Trinajstić information content (AvgIpc) is 3.16. The van der Waals surface area contributed by atoms with E-state index in [2.05, 4.69) is 110 Å². The molecule has 0 aliphatic rings. The lowest BCUT2D eigenvalue weighted by Gasteiger charge is -2.12. The van der Waals surface area contributed by atoms with Gasteiger partial charge >= 0.3 is 0 Å². The second kappa shape index (κ2) is 13.5. The van der Waals surface area contributed by atoms with E-state index in [0.717, 1.165) is 39.0 Å². The lowest BCUT2D eigenvalue weighted by molar-refractivity contribution is 1.06. The van der Waals surface area contributed by atoms with Gasteiger partial charge in [0.15, 0.2) is 5.84 Å². The molecular weight excluding hydrogens is 585 g/mol. The summed E-state index contributed by atoms with van der Waals surface area (Å²) >= 11 is 0. The highest BCUT2D eigenvalue weighted by Gasteiger charge is 2.11. The van der Waals surface area contributed by atoms with E-state index < -0.39 is 0 Å². The Morgan fingerprint density at radius 3 is 1.73 bits per heavy atom. The summed E-state index contributed by atoms with van der Waals surface area (Å²) in [6.45, 7) is 4.56. The van der Waals surface area contributed by atoms with Gasteiger partial charge in [-0.15, -0.1) is 0 Å². The summed E-state index contributed by atoms with van der Waals surface area (Å²) in [5, 5.41) is 14.8. The van der Waals surface area contributed by atoms with Crippen molar-refractivity contribution in [3.8, 4) is 11.1 Å². The number of hydrogen-bond donors (Lipinski definition) is 2. The minimum Gasteiger partial charge on any atom is -0.383 e. The Morgan fingerprint density at radius 2 is 1.10 bits per heavy atom. The molecule has 7 aromatic rings. The van der Waals surface area contributed by atoms with Crippen molar-refractivity contribution >= 4 is 55.8 Å². The van der Waals surface area contributed by atoms with Crippen LogP contribution in [0, 0.1) is 5.41 Å². The van der Waals surface area contributed by atoms with E-state index in [1.165, 1.54) is 38.5 Å². The van der Waals surface area contributed by atoms with E-state index >= 15 is 0 Å². The number of aliphatic imine (C=N–C) groups is 2. The third-order valence-corrected chi connectivity index (χ3v) is 8.65. The maximum Gasteiger partial charge on any atom is 0.157 e. The molecule has 0 aliphatic heterocycles. The Bertz CT molecular complexity index is 2350.